The van der Waals surface area contributed by atoms with Crippen molar-refractivity contribution in [3.63, 3.8) is 0 Å². The molecule has 5 nitrogen and oxygen atoms in total. The van der Waals surface area contributed by atoms with Crippen LogP contribution in [0.1, 0.15) is 18.2 Å². The van der Waals surface area contributed by atoms with E-state index < -0.39 is 11.7 Å². The fourth-order valence-corrected chi connectivity index (χ4v) is 3.88. The first kappa shape index (κ1) is 19.5. The first-order chi connectivity index (χ1) is 12.7. The lowest BCUT2D eigenvalue weighted by atomic mass is 10.2. The number of likely N-dealkylation sites (N-methyl/N-ethyl adjacent to an activating group) is 1. The molecular weight excluding hydrogens is 401 g/mol. The lowest BCUT2D eigenvalue weighted by Crippen LogP contribution is -2.23. The van der Waals surface area contributed by atoms with Crippen molar-refractivity contribution in [2.24, 2.45) is 0 Å². The lowest BCUT2D eigenvalue weighted by molar-refractivity contribution is -0.137. The quantitative estimate of drug-likeness (QED) is 0.726. The maximum atomic E-state index is 13.0. The minimum atomic E-state index is -4.56. The molecule has 1 aromatic heterocycles. The maximum absolute atomic E-state index is 13.0. The number of hydrogen-bond acceptors (Lipinski definition) is 6. The summed E-state index contributed by atoms with van der Waals surface area (Å²) in [6.07, 6.45) is -2.22. The van der Waals surface area contributed by atoms with Gasteiger partial charge in [-0.05, 0) is 31.2 Å². The van der Waals surface area contributed by atoms with E-state index in [2.05, 4.69) is 15.3 Å². The van der Waals surface area contributed by atoms with Crippen molar-refractivity contribution in [1.29, 1.82) is 0 Å². The summed E-state index contributed by atoms with van der Waals surface area (Å²) in [5, 5.41) is 2.05. The Kier molecular flexibility index (Phi) is 5.34. The van der Waals surface area contributed by atoms with Crippen molar-refractivity contribution in [2.75, 3.05) is 12.4 Å². The van der Waals surface area contributed by atoms with E-state index in [1.165, 1.54) is 30.1 Å². The highest BCUT2D eigenvalue weighted by molar-refractivity contribution is 8.09. The number of nitrogens with zero attached hydrogens (tertiary/aromatic N) is 3. The Morgan fingerprint density at radius 3 is 2.70 bits per heavy atom. The molecule has 0 saturated heterocycles. The number of halogens is 4. The molecule has 1 aromatic carbocycles. The molecule has 1 N–H and O–H groups in total. The average Bonchev–Trinajstić information content (AvgIpc) is 2.91. The molecule has 0 fully saturated rings. The van der Waals surface area contributed by atoms with E-state index in [4.69, 9.17) is 11.6 Å². The molecule has 2 aromatic rings. The topological polar surface area (TPSA) is 58.1 Å². The van der Waals surface area contributed by atoms with Crippen molar-refractivity contribution >= 4 is 46.2 Å². The van der Waals surface area contributed by atoms with E-state index in [0.717, 1.165) is 23.0 Å². The zero-order chi connectivity index (χ0) is 19.8. The standard InChI is InChI=1S/C17H14ClF3N4OS/c1-9-15(27-14(8-26)25(9)2)13-5-6-22-16(24-13)23-10-3-4-12(18)11(7-10)17(19,20)21/h3-8,14H,1-2H3,(H,22,23,24). The normalized spacial score (nSPS) is 17.4. The molecule has 0 spiro atoms. The molecular formula is C17H14ClF3N4OS. The van der Waals surface area contributed by atoms with E-state index >= 15 is 0 Å². The number of aromatic nitrogens is 2. The van der Waals surface area contributed by atoms with E-state index in [-0.39, 0.29) is 22.0 Å². The second kappa shape index (κ2) is 7.40. The van der Waals surface area contributed by atoms with Crippen LogP contribution in [0.25, 0.3) is 4.91 Å². The van der Waals surface area contributed by atoms with Crippen LogP contribution in [0.2, 0.25) is 5.02 Å². The highest BCUT2D eigenvalue weighted by Gasteiger charge is 2.33. The third-order valence-electron chi connectivity index (χ3n) is 4.01. The number of benzene rings is 1. The SMILES string of the molecule is CC1=C(c2ccnc(Nc3ccc(Cl)c(C(F)(F)F)c3)n2)SC(C=O)N1C. The Morgan fingerprint density at radius 1 is 1.33 bits per heavy atom. The van der Waals surface area contributed by atoms with Crippen LogP contribution in [0.4, 0.5) is 24.8 Å². The summed E-state index contributed by atoms with van der Waals surface area (Å²) in [4.78, 5) is 22.2. The van der Waals surface area contributed by atoms with Gasteiger partial charge in [0.05, 0.1) is 21.2 Å². The van der Waals surface area contributed by atoms with Crippen LogP contribution in [-0.4, -0.2) is 33.6 Å². The number of hydrogen-bond donors (Lipinski definition) is 1. The lowest BCUT2D eigenvalue weighted by Gasteiger charge is -2.16. The van der Waals surface area contributed by atoms with Crippen molar-refractivity contribution < 1.29 is 18.0 Å². The summed E-state index contributed by atoms with van der Waals surface area (Å²) in [6, 6.07) is 5.17. The molecule has 0 amide bonds. The van der Waals surface area contributed by atoms with Gasteiger partial charge in [-0.15, -0.1) is 0 Å². The number of carbonyl (C=O) groups is 1. The third-order valence-corrected chi connectivity index (χ3v) is 5.75. The number of alkyl halides is 3. The predicted octanol–water partition coefficient (Wildman–Crippen LogP) is 4.78. The molecule has 2 heterocycles. The monoisotopic (exact) mass is 414 g/mol. The third kappa shape index (κ3) is 4.03. The summed E-state index contributed by atoms with van der Waals surface area (Å²) >= 11 is 6.99. The largest absolute Gasteiger partial charge is 0.417 e. The Balaban J connectivity index is 1.89. The van der Waals surface area contributed by atoms with Crippen molar-refractivity contribution in [3.05, 3.63) is 52.4 Å². The van der Waals surface area contributed by atoms with Gasteiger partial charge in [-0.2, -0.15) is 13.2 Å². The zero-order valence-electron chi connectivity index (χ0n) is 14.2. The minimum Gasteiger partial charge on any atom is -0.359 e. The zero-order valence-corrected chi connectivity index (χ0v) is 15.8. The molecule has 0 aliphatic carbocycles. The first-order valence-corrected chi connectivity index (χ1v) is 8.99. The fourth-order valence-electron chi connectivity index (χ4n) is 2.50. The smallest absolute Gasteiger partial charge is 0.359 e. The van der Waals surface area contributed by atoms with Crippen LogP contribution in [0, 0.1) is 0 Å². The Hall–Kier alpha value is -2.26. The van der Waals surface area contributed by atoms with Gasteiger partial charge >= 0.3 is 6.18 Å². The van der Waals surface area contributed by atoms with E-state index in [1.807, 2.05) is 11.8 Å². The van der Waals surface area contributed by atoms with E-state index in [1.54, 1.807) is 13.1 Å². The minimum absolute atomic E-state index is 0.140. The van der Waals surface area contributed by atoms with Gasteiger partial charge in [0.2, 0.25) is 5.95 Å². The Morgan fingerprint density at radius 2 is 2.07 bits per heavy atom. The number of aldehydes is 1. The van der Waals surface area contributed by atoms with Crippen LogP contribution in [-0.2, 0) is 11.0 Å². The van der Waals surface area contributed by atoms with Crippen molar-refractivity contribution in [2.45, 2.75) is 18.5 Å². The maximum Gasteiger partial charge on any atom is 0.417 e. The van der Waals surface area contributed by atoms with Crippen LogP contribution in [0.3, 0.4) is 0 Å². The van der Waals surface area contributed by atoms with Crippen LogP contribution < -0.4 is 5.32 Å². The summed E-state index contributed by atoms with van der Waals surface area (Å²) < 4.78 is 39.0. The molecule has 0 radical (unpaired) electrons. The molecule has 0 bridgehead atoms. The number of nitrogens with one attached hydrogen (secondary N) is 1. The first-order valence-electron chi connectivity index (χ1n) is 7.73. The molecule has 1 atom stereocenters. The van der Waals surface area contributed by atoms with Crippen LogP contribution >= 0.6 is 23.4 Å². The van der Waals surface area contributed by atoms with Crippen LogP contribution in [0.5, 0.6) is 0 Å². The number of allylic oxidation sites excluding steroid dienone is 1. The van der Waals surface area contributed by atoms with Gasteiger partial charge in [0.25, 0.3) is 0 Å². The molecule has 142 valence electrons. The van der Waals surface area contributed by atoms with E-state index in [0.29, 0.717) is 5.69 Å². The molecule has 27 heavy (non-hydrogen) atoms. The van der Waals surface area contributed by atoms with Crippen molar-refractivity contribution in [1.82, 2.24) is 14.9 Å². The molecule has 1 unspecified atom stereocenters. The van der Waals surface area contributed by atoms with Crippen LogP contribution in [0.15, 0.2) is 36.2 Å². The summed E-state index contributed by atoms with van der Waals surface area (Å²) in [7, 11) is 1.81. The Labute approximate surface area is 162 Å². The van der Waals surface area contributed by atoms with Gasteiger partial charge in [-0.1, -0.05) is 23.4 Å². The van der Waals surface area contributed by atoms with Gasteiger partial charge in [0.1, 0.15) is 5.37 Å². The summed E-state index contributed by atoms with van der Waals surface area (Å²) in [5.74, 6) is 0.140. The molecule has 10 heteroatoms. The average molecular weight is 415 g/mol. The highest BCUT2D eigenvalue weighted by Crippen LogP contribution is 2.42. The van der Waals surface area contributed by atoms with Gasteiger partial charge < -0.3 is 15.0 Å². The number of rotatable bonds is 4. The molecule has 0 saturated carbocycles. The molecule has 3 rings (SSSR count). The second-order valence-corrected chi connectivity index (χ2v) is 7.29. The number of thioether (sulfide) groups is 1. The highest BCUT2D eigenvalue weighted by atomic mass is 35.5. The Bertz CT molecular complexity index is 919. The molecule has 1 aliphatic heterocycles. The molecule has 1 aliphatic rings. The van der Waals surface area contributed by atoms with Gasteiger partial charge in [-0.25, -0.2) is 9.97 Å². The number of anilines is 2. The second-order valence-electron chi connectivity index (χ2n) is 5.75. The predicted molar refractivity (Wildman–Crippen MR) is 99.6 cm³/mol. The van der Waals surface area contributed by atoms with Gasteiger partial charge in [0.15, 0.2) is 6.29 Å². The van der Waals surface area contributed by atoms with E-state index in [9.17, 15) is 18.0 Å². The van der Waals surface area contributed by atoms with Gasteiger partial charge in [-0.3, -0.25) is 0 Å². The fraction of sp³-hybridized carbons (Fsp3) is 0.235. The summed E-state index contributed by atoms with van der Waals surface area (Å²) in [6.45, 7) is 1.87. The summed E-state index contributed by atoms with van der Waals surface area (Å²) in [5.41, 5.74) is 0.686. The van der Waals surface area contributed by atoms with Gasteiger partial charge in [0, 0.05) is 24.6 Å². The number of carbonyl (C=O) groups excluding carboxylic acids is 1. The van der Waals surface area contributed by atoms with Crippen molar-refractivity contribution in [3.8, 4) is 0 Å².